The van der Waals surface area contributed by atoms with E-state index in [0.29, 0.717) is 16.7 Å². The number of rotatable bonds is 24. The van der Waals surface area contributed by atoms with Crippen LogP contribution in [0.5, 0.6) is 0 Å². The van der Waals surface area contributed by atoms with Gasteiger partial charge < -0.3 is 74.9 Å². The number of amides is 6. The van der Waals surface area contributed by atoms with Gasteiger partial charge in [-0.05, 0) is 102 Å². The monoisotopic (exact) mass is 1360 g/mol. The first kappa shape index (κ1) is 79.0. The molecule has 522 valence electrons. The molecule has 24 nitrogen and oxygen atoms in total. The minimum absolute atomic E-state index is 0.0193. The van der Waals surface area contributed by atoms with E-state index < -0.39 is 116 Å². The van der Waals surface area contributed by atoms with Gasteiger partial charge in [0.05, 0.1) is 31.8 Å². The van der Waals surface area contributed by atoms with Gasteiger partial charge in [-0.25, -0.2) is 43.2 Å². The molecule has 0 spiro atoms. The van der Waals surface area contributed by atoms with E-state index >= 15 is 0 Å². The molecule has 6 amide bonds. The largest absolute Gasteiger partial charge is 0.480 e. The summed E-state index contributed by atoms with van der Waals surface area (Å²) in [7, 11) is -0.268. The Morgan fingerprint density at radius 1 is 0.361 bits per heavy atom. The molecular formula is C72H92N6O18Si. The molecule has 0 fully saturated rings. The Hall–Kier alpha value is -10.4. The Morgan fingerprint density at radius 3 is 0.876 bits per heavy atom. The second-order valence-electron chi connectivity index (χ2n) is 26.0. The molecule has 7 N–H and O–H groups in total. The molecule has 97 heavy (non-hydrogen) atoms. The van der Waals surface area contributed by atoms with Crippen LogP contribution in [0, 0.1) is 0 Å². The van der Waals surface area contributed by atoms with Crippen LogP contribution >= 0.6 is 0 Å². The molecule has 0 aliphatic carbocycles. The molecule has 0 saturated heterocycles. The van der Waals surface area contributed by atoms with Gasteiger partial charge >= 0.3 is 54.5 Å². The molecule has 25 heteroatoms. The van der Waals surface area contributed by atoms with E-state index in [-0.39, 0.29) is 26.4 Å². The normalized spacial score (nSPS) is 13.0. The molecule has 0 aliphatic heterocycles. The highest BCUT2D eigenvalue weighted by molar-refractivity contribution is 6.76. The van der Waals surface area contributed by atoms with Gasteiger partial charge in [0.15, 0.2) is 18.1 Å². The van der Waals surface area contributed by atoms with E-state index in [1.807, 2.05) is 72.8 Å². The van der Waals surface area contributed by atoms with Gasteiger partial charge in [-0.15, -0.1) is 0 Å². The zero-order chi connectivity index (χ0) is 71.8. The lowest BCUT2D eigenvalue weighted by atomic mass is 9.99. The molecule has 0 heterocycles. The van der Waals surface area contributed by atoms with Crippen LogP contribution in [-0.4, -0.2) is 116 Å². The highest BCUT2D eigenvalue weighted by atomic mass is 28.3. The van der Waals surface area contributed by atoms with E-state index in [1.54, 1.807) is 172 Å². The van der Waals surface area contributed by atoms with Crippen LogP contribution in [0.2, 0.25) is 25.7 Å². The summed E-state index contributed by atoms with van der Waals surface area (Å²) in [6, 6.07) is 47.1. The molecule has 0 radical (unpaired) electrons. The summed E-state index contributed by atoms with van der Waals surface area (Å²) in [6.07, 6.45) is -4.82. The van der Waals surface area contributed by atoms with Crippen LogP contribution in [-0.2, 0) is 72.1 Å². The first-order valence-corrected chi connectivity index (χ1v) is 34.9. The maximum Gasteiger partial charge on any atom is 0.408 e. The van der Waals surface area contributed by atoms with Gasteiger partial charge in [0, 0.05) is 8.07 Å². The molecule has 6 atom stereocenters. The standard InChI is InChI=1S/C27H38N2O6Si.C23H28N2O6.C22H26N2O6/c1-27(2,3)35-26(32)28-22(21-15-11-8-12-16-21)23(24(30)33-17-18-36(4,5)6)29-25(31)34-19-20-13-9-7-10-14-20;1-23(2,3)31-22(28)24-18(17-13-9-6-10-14-17)19(20(26)29-4)25-21(27)30-15-16-11-7-5-8-12-16;1-22(2,3)30-21(28)23-17(16-12-8-5-9-13-16)18(19(25)26)24-20(27)29-14-15-10-6-4-7-11-15/h7-16,22-23H,17-19H2,1-6H3,(H,28,32)(H,29,31);5-14,18-19H,15H2,1-4H3,(H,24,28)(H,25,27);4-13,17-18H,14H2,1-3H3,(H,23,28)(H,24,27)(H,25,26)/t22-,23+;18-,19+;17-,18+/m111/s1. The summed E-state index contributed by atoms with van der Waals surface area (Å²) in [5.41, 5.74) is 1.74. The van der Waals surface area contributed by atoms with Crippen molar-refractivity contribution in [2.24, 2.45) is 0 Å². The lowest BCUT2D eigenvalue weighted by molar-refractivity contribution is -0.146. The van der Waals surface area contributed by atoms with Crippen LogP contribution in [0.3, 0.4) is 0 Å². The Morgan fingerprint density at radius 2 is 0.619 bits per heavy atom. The van der Waals surface area contributed by atoms with Crippen molar-refractivity contribution in [2.75, 3.05) is 13.7 Å². The average molecular weight is 1360 g/mol. The van der Waals surface area contributed by atoms with Crippen LogP contribution in [0.4, 0.5) is 28.8 Å². The molecule has 0 bridgehead atoms. The number of methoxy groups -OCH3 is 1. The van der Waals surface area contributed by atoms with Gasteiger partial charge in [0.25, 0.3) is 0 Å². The molecular weight excluding hydrogens is 1260 g/mol. The summed E-state index contributed by atoms with van der Waals surface area (Å²) in [6.45, 7) is 22.3. The third kappa shape index (κ3) is 32.0. The van der Waals surface area contributed by atoms with Crippen molar-refractivity contribution >= 4 is 62.5 Å². The van der Waals surface area contributed by atoms with Crippen molar-refractivity contribution in [3.8, 4) is 0 Å². The van der Waals surface area contributed by atoms with Crippen molar-refractivity contribution in [2.45, 2.75) is 161 Å². The number of aliphatic carboxylic acids is 1. The maximum atomic E-state index is 13.3. The van der Waals surface area contributed by atoms with Crippen molar-refractivity contribution in [3.05, 3.63) is 215 Å². The van der Waals surface area contributed by atoms with Crippen molar-refractivity contribution in [1.82, 2.24) is 31.9 Å². The van der Waals surface area contributed by atoms with Crippen LogP contribution in [0.25, 0.3) is 0 Å². The summed E-state index contributed by atoms with van der Waals surface area (Å²) in [5.74, 6) is -2.76. The molecule has 0 unspecified atom stereocenters. The zero-order valence-corrected chi connectivity index (χ0v) is 58.2. The summed E-state index contributed by atoms with van der Waals surface area (Å²) in [4.78, 5) is 112. The summed E-state index contributed by atoms with van der Waals surface area (Å²) < 4.78 is 42.1. The van der Waals surface area contributed by atoms with Gasteiger partial charge in [0.2, 0.25) is 0 Å². The van der Waals surface area contributed by atoms with Gasteiger partial charge in [0.1, 0.15) is 36.6 Å². The topological polar surface area (TPSA) is 320 Å². The van der Waals surface area contributed by atoms with E-state index in [2.05, 4.69) is 51.5 Å². The number of alkyl carbamates (subject to hydrolysis) is 6. The lowest BCUT2D eigenvalue weighted by Crippen LogP contribution is -2.52. The van der Waals surface area contributed by atoms with Gasteiger partial charge in [-0.1, -0.05) is 202 Å². The predicted molar refractivity (Wildman–Crippen MR) is 365 cm³/mol. The molecule has 0 aliphatic rings. The fraction of sp³-hybridized carbons (Fsp3) is 0.375. The zero-order valence-electron chi connectivity index (χ0n) is 57.2. The molecule has 6 aromatic rings. The number of hydrogen-bond acceptors (Lipinski definition) is 17. The van der Waals surface area contributed by atoms with Crippen LogP contribution < -0.4 is 31.9 Å². The highest BCUT2D eigenvalue weighted by Crippen LogP contribution is 2.24. The second-order valence-corrected chi connectivity index (χ2v) is 31.6. The first-order chi connectivity index (χ1) is 45.7. The van der Waals surface area contributed by atoms with E-state index in [1.165, 1.54) is 7.11 Å². The Balaban J connectivity index is 0.000000311. The van der Waals surface area contributed by atoms with Crippen LogP contribution in [0.15, 0.2) is 182 Å². The Labute approximate surface area is 568 Å². The number of benzene rings is 6. The van der Waals surface area contributed by atoms with E-state index in [4.69, 9.17) is 37.9 Å². The molecule has 6 rings (SSSR count). The number of carbonyl (C=O) groups excluding carboxylic acids is 8. The number of carboxylic acids is 1. The number of carbonyl (C=O) groups is 9. The van der Waals surface area contributed by atoms with Gasteiger partial charge in [-0.2, -0.15) is 0 Å². The third-order valence-electron chi connectivity index (χ3n) is 13.0. The Bertz CT molecular complexity index is 3420. The fourth-order valence-corrected chi connectivity index (χ4v) is 9.27. The van der Waals surface area contributed by atoms with E-state index in [9.17, 15) is 48.3 Å². The van der Waals surface area contributed by atoms with Crippen molar-refractivity contribution < 1.29 is 86.2 Å². The highest BCUT2D eigenvalue weighted by Gasteiger charge is 2.38. The second kappa shape index (κ2) is 38.8. The van der Waals surface area contributed by atoms with Crippen molar-refractivity contribution in [1.29, 1.82) is 0 Å². The third-order valence-corrected chi connectivity index (χ3v) is 14.7. The van der Waals surface area contributed by atoms with Crippen molar-refractivity contribution in [3.63, 3.8) is 0 Å². The smallest absolute Gasteiger partial charge is 0.408 e. The Kier molecular flexibility index (Phi) is 31.6. The summed E-state index contributed by atoms with van der Waals surface area (Å²) >= 11 is 0. The molecule has 6 aromatic carbocycles. The maximum absolute atomic E-state index is 13.3. The van der Waals surface area contributed by atoms with Crippen LogP contribution in [0.1, 0.15) is 114 Å². The first-order valence-electron chi connectivity index (χ1n) is 31.2. The number of carboxylic acid groups (broad SMARTS) is 1. The quantitative estimate of drug-likeness (QED) is 0.0168. The lowest BCUT2D eigenvalue weighted by Gasteiger charge is -2.29. The average Bonchev–Trinajstić information content (AvgIpc) is 0.847. The number of ether oxygens (including phenoxy) is 8. The SMILES string of the molecule is CC(C)(C)OC(=O)N[C@H](c1ccccc1)[C@H](NC(=O)OCc1ccccc1)C(=O)O.CC(C)(C)OC(=O)N[C@H](c1ccccc1)[C@H](NC(=O)OCc1ccccc1)C(=O)OCC[Si](C)(C)C.COC(=O)[C@@H](NC(=O)OCc1ccccc1)[C@H](NC(=O)OC(C)(C)C)c1ccccc1. The summed E-state index contributed by atoms with van der Waals surface area (Å²) in [5, 5.41) is 25.1. The fourth-order valence-electron chi connectivity index (χ4n) is 8.56. The number of nitrogens with one attached hydrogen (secondary N) is 6. The molecule has 0 saturated carbocycles. The minimum Gasteiger partial charge on any atom is -0.480 e. The molecule has 0 aromatic heterocycles. The predicted octanol–water partition coefficient (Wildman–Crippen LogP) is 12.8. The van der Waals surface area contributed by atoms with E-state index in [0.717, 1.165) is 22.7 Å². The minimum atomic E-state index is -1.48. The number of hydrogen-bond donors (Lipinski definition) is 7. The van der Waals surface area contributed by atoms with Gasteiger partial charge in [-0.3, -0.25) is 0 Å². The number of esters is 2.